The predicted molar refractivity (Wildman–Crippen MR) is 152 cm³/mol. The summed E-state index contributed by atoms with van der Waals surface area (Å²) in [5.41, 5.74) is 2.89. The van der Waals surface area contributed by atoms with Crippen LogP contribution in [0.2, 0.25) is 0 Å². The number of hydrogen-bond acceptors (Lipinski definition) is 4. The highest BCUT2D eigenvalue weighted by atomic mass is 32.2. The van der Waals surface area contributed by atoms with Crippen molar-refractivity contribution in [3.05, 3.63) is 128 Å². The van der Waals surface area contributed by atoms with Crippen LogP contribution in [-0.2, 0) is 17.4 Å². The molecular weight excluding hydrogens is 490 g/mol. The van der Waals surface area contributed by atoms with E-state index in [1.54, 1.807) is 35.0 Å². The van der Waals surface area contributed by atoms with Gasteiger partial charge in [0.1, 0.15) is 0 Å². The molecule has 1 atom stereocenters. The number of carbonyl (C=O) groups excluding carboxylic acids is 1. The molecule has 2 aromatic carbocycles. The Labute approximate surface area is 217 Å². The number of rotatable bonds is 9. The minimum absolute atomic E-state index is 0.174. The Balaban J connectivity index is 1.82. The summed E-state index contributed by atoms with van der Waals surface area (Å²) in [6.07, 6.45) is 6.09. The van der Waals surface area contributed by atoms with Gasteiger partial charge in [-0.05, 0) is 65.9 Å². The maximum absolute atomic E-state index is 13.4. The molecule has 0 spiro atoms. The molecule has 184 valence electrons. The Bertz CT molecular complexity index is 1490. The molecule has 6 nitrogen and oxygen atoms in total. The first-order valence-corrected chi connectivity index (χ1v) is 13.0. The third kappa shape index (κ3) is 7.07. The van der Waals surface area contributed by atoms with Crippen molar-refractivity contribution in [1.29, 1.82) is 0 Å². The van der Waals surface area contributed by atoms with Crippen LogP contribution < -0.4 is 26.0 Å². The first kappa shape index (κ1) is 26.7. The van der Waals surface area contributed by atoms with Gasteiger partial charge in [0.05, 0.1) is 4.24 Å². The van der Waals surface area contributed by atoms with Gasteiger partial charge in [0.25, 0.3) is 5.56 Å². The lowest BCUT2D eigenvalue weighted by Crippen LogP contribution is -2.44. The van der Waals surface area contributed by atoms with Crippen molar-refractivity contribution in [2.45, 2.75) is 13.3 Å². The second-order valence-electron chi connectivity index (χ2n) is 7.64. The normalized spacial score (nSPS) is 12.6. The molecule has 1 heterocycles. The molecule has 0 fully saturated rings. The Hall–Kier alpha value is -3.88. The number of amides is 2. The van der Waals surface area contributed by atoms with E-state index in [1.807, 2.05) is 55.5 Å². The minimum Gasteiger partial charge on any atom is -0.307 e. The quantitative estimate of drug-likeness (QED) is 0.442. The number of thioether (sulfide) groups is 1. The highest BCUT2D eigenvalue weighted by Gasteiger charge is 2.10. The molecule has 1 aromatic heterocycles. The van der Waals surface area contributed by atoms with Crippen LogP contribution >= 0.6 is 11.8 Å². The van der Waals surface area contributed by atoms with E-state index in [4.69, 9.17) is 0 Å². The summed E-state index contributed by atoms with van der Waals surface area (Å²) in [4.78, 5) is 25.5. The van der Waals surface area contributed by atoms with Crippen molar-refractivity contribution >= 4 is 46.6 Å². The Kier molecular flexibility index (Phi) is 9.44. The topological polar surface area (TPSA) is 80.2 Å². The van der Waals surface area contributed by atoms with Gasteiger partial charge in [0, 0.05) is 22.8 Å². The third-order valence-corrected chi connectivity index (χ3v) is 7.06. The van der Waals surface area contributed by atoms with E-state index >= 15 is 0 Å². The molecular formula is C28H27N3O3S2. The second kappa shape index (κ2) is 12.7. The van der Waals surface area contributed by atoms with Crippen LogP contribution in [0.4, 0.5) is 10.5 Å². The van der Waals surface area contributed by atoms with Crippen LogP contribution in [0.1, 0.15) is 12.5 Å². The number of nitrogens with one attached hydrogen (secondary N) is 2. The zero-order chi connectivity index (χ0) is 26.1. The fourth-order valence-electron chi connectivity index (χ4n) is 3.42. The number of hydrogen-bond donors (Lipinski definition) is 2. The Morgan fingerprint density at radius 3 is 2.42 bits per heavy atom. The first-order chi connectivity index (χ1) is 17.3. The Morgan fingerprint density at radius 1 is 1.08 bits per heavy atom. The summed E-state index contributed by atoms with van der Waals surface area (Å²) in [6, 6.07) is 18.0. The average molecular weight is 518 g/mol. The van der Waals surface area contributed by atoms with Gasteiger partial charge < -0.3 is 5.32 Å². The fraction of sp³-hybridized carbons (Fsp3) is 0.0714. The van der Waals surface area contributed by atoms with Crippen molar-refractivity contribution in [1.82, 2.24) is 9.29 Å². The largest absolute Gasteiger partial charge is 0.331 e. The molecule has 2 N–H and O–H groups in total. The van der Waals surface area contributed by atoms with Crippen molar-refractivity contribution < 1.29 is 9.00 Å². The number of urea groups is 1. The van der Waals surface area contributed by atoms with Crippen molar-refractivity contribution in [3.63, 3.8) is 0 Å². The average Bonchev–Trinajstić information content (AvgIpc) is 2.86. The fourth-order valence-corrected chi connectivity index (χ4v) is 4.62. The zero-order valence-electron chi connectivity index (χ0n) is 19.9. The summed E-state index contributed by atoms with van der Waals surface area (Å²) in [6.45, 7) is 13.2. The van der Waals surface area contributed by atoms with Crippen molar-refractivity contribution in [3.8, 4) is 5.69 Å². The predicted octanol–water partition coefficient (Wildman–Crippen LogP) is 4.35. The van der Waals surface area contributed by atoms with E-state index in [9.17, 15) is 13.8 Å². The van der Waals surface area contributed by atoms with Gasteiger partial charge in [-0.1, -0.05) is 73.5 Å². The molecule has 8 heteroatoms. The van der Waals surface area contributed by atoms with E-state index < -0.39 is 17.0 Å². The number of benzene rings is 2. The molecule has 3 rings (SSSR count). The lowest BCUT2D eigenvalue weighted by Gasteiger charge is -2.10. The summed E-state index contributed by atoms with van der Waals surface area (Å²) in [5, 5.41) is 5.47. The molecule has 0 radical (unpaired) electrons. The maximum atomic E-state index is 13.4. The van der Waals surface area contributed by atoms with Crippen LogP contribution in [0.15, 0.2) is 107 Å². The minimum atomic E-state index is -1.75. The number of anilines is 1. The summed E-state index contributed by atoms with van der Waals surface area (Å²) < 4.78 is 16.1. The summed E-state index contributed by atoms with van der Waals surface area (Å²) >= 11 is 1.08. The standard InChI is InChI=1S/C28H27N3O3S2/c1-5-23-16-17-31(27(32)26(23)19-20(3)18-22-10-8-7-9-11-22)25-14-12-24(13-15-25)29-28(33)30-36(34)21(4)35-6-2/h5-17,19H,2-4,18H2,1H3,(H2,29,30,33)/b23-5-,26-19+. The van der Waals surface area contributed by atoms with Crippen molar-refractivity contribution in [2.75, 3.05) is 5.32 Å². The second-order valence-corrected chi connectivity index (χ2v) is 10.2. The molecule has 1 unspecified atom stereocenters. The SMILES string of the molecule is C=CSC(=C)S(=O)NC(=O)Nc1ccc(-n2ccc(=C/C)/c(=C\C(=C)Cc3ccccc3)c2=O)cc1. The molecule has 0 aliphatic carbocycles. The van der Waals surface area contributed by atoms with E-state index in [1.165, 1.54) is 5.41 Å². The van der Waals surface area contributed by atoms with E-state index in [0.717, 1.165) is 28.1 Å². The van der Waals surface area contributed by atoms with Gasteiger partial charge in [0.15, 0.2) is 11.0 Å². The van der Waals surface area contributed by atoms with Gasteiger partial charge in [0.2, 0.25) is 0 Å². The van der Waals surface area contributed by atoms with Crippen LogP contribution in [0.25, 0.3) is 17.8 Å². The van der Waals surface area contributed by atoms with Gasteiger partial charge in [-0.3, -0.25) is 14.1 Å². The number of aromatic nitrogens is 1. The molecule has 0 bridgehead atoms. The molecule has 3 aromatic rings. The Morgan fingerprint density at radius 2 is 1.78 bits per heavy atom. The van der Waals surface area contributed by atoms with Crippen LogP contribution in [0.3, 0.4) is 0 Å². The molecule has 2 amide bonds. The van der Waals surface area contributed by atoms with E-state index in [-0.39, 0.29) is 9.80 Å². The molecule has 0 aliphatic rings. The lowest BCUT2D eigenvalue weighted by molar-refractivity contribution is 0.257. The number of nitrogens with zero attached hydrogens (tertiary/aromatic N) is 1. The van der Waals surface area contributed by atoms with E-state index in [2.05, 4.69) is 29.8 Å². The van der Waals surface area contributed by atoms with Crippen LogP contribution in [0.5, 0.6) is 0 Å². The van der Waals surface area contributed by atoms with Gasteiger partial charge in [-0.2, -0.15) is 0 Å². The van der Waals surface area contributed by atoms with Crippen LogP contribution in [0, 0.1) is 0 Å². The monoisotopic (exact) mass is 517 g/mol. The smallest absolute Gasteiger partial charge is 0.307 e. The molecule has 0 aliphatic heterocycles. The molecule has 0 saturated carbocycles. The maximum Gasteiger partial charge on any atom is 0.331 e. The first-order valence-electron chi connectivity index (χ1n) is 11.0. The number of pyridine rings is 1. The van der Waals surface area contributed by atoms with Gasteiger partial charge in [-0.25, -0.2) is 9.00 Å². The highest BCUT2D eigenvalue weighted by molar-refractivity contribution is 8.17. The van der Waals surface area contributed by atoms with Crippen LogP contribution in [-0.4, -0.2) is 14.8 Å². The number of allylic oxidation sites excluding steroid dienone is 1. The summed E-state index contributed by atoms with van der Waals surface area (Å²) in [5.74, 6) is 0. The van der Waals surface area contributed by atoms with Gasteiger partial charge >= 0.3 is 6.03 Å². The highest BCUT2D eigenvalue weighted by Crippen LogP contribution is 2.16. The lowest BCUT2D eigenvalue weighted by atomic mass is 10.1. The number of carbonyl (C=O) groups is 1. The van der Waals surface area contributed by atoms with Crippen molar-refractivity contribution in [2.24, 2.45) is 0 Å². The summed E-state index contributed by atoms with van der Waals surface area (Å²) in [7, 11) is -1.75. The molecule has 36 heavy (non-hydrogen) atoms. The molecule has 0 saturated heterocycles. The third-order valence-electron chi connectivity index (χ3n) is 5.11. The van der Waals surface area contributed by atoms with Gasteiger partial charge in [-0.15, -0.1) is 0 Å². The van der Waals surface area contributed by atoms with E-state index in [0.29, 0.717) is 23.0 Å². The zero-order valence-corrected chi connectivity index (χ0v) is 21.5.